The molecule has 0 aliphatic rings. The van der Waals surface area contributed by atoms with Crippen molar-refractivity contribution < 1.29 is 9.53 Å². The molecule has 1 amide bonds. The van der Waals surface area contributed by atoms with Crippen LogP contribution in [-0.4, -0.2) is 19.6 Å². The van der Waals surface area contributed by atoms with Gasteiger partial charge in [-0.25, -0.2) is 0 Å². The van der Waals surface area contributed by atoms with Crippen LogP contribution in [0, 0.1) is 0 Å². The van der Waals surface area contributed by atoms with Gasteiger partial charge in [0.25, 0.3) is 0 Å². The quantitative estimate of drug-likeness (QED) is 0.837. The smallest absolute Gasteiger partial charge is 0.243 e. The number of nitrogens with one attached hydrogen (secondary N) is 2. The lowest BCUT2D eigenvalue weighted by atomic mass is 10.2. The molecular formula is C16H17BrN2O2. The number of para-hydroxylation sites is 2. The van der Waals surface area contributed by atoms with Gasteiger partial charge in [0.05, 0.1) is 18.8 Å². The van der Waals surface area contributed by atoms with Gasteiger partial charge in [-0.2, -0.15) is 0 Å². The van der Waals surface area contributed by atoms with Crippen molar-refractivity contribution in [3.63, 3.8) is 0 Å². The van der Waals surface area contributed by atoms with Crippen molar-refractivity contribution in [1.82, 2.24) is 0 Å². The Morgan fingerprint density at radius 2 is 1.76 bits per heavy atom. The van der Waals surface area contributed by atoms with Gasteiger partial charge in [-0.1, -0.05) is 30.3 Å². The van der Waals surface area contributed by atoms with Crippen LogP contribution in [0.1, 0.15) is 5.56 Å². The zero-order chi connectivity index (χ0) is 15.1. The summed E-state index contributed by atoms with van der Waals surface area (Å²) in [6.07, 6.45) is 0. The van der Waals surface area contributed by atoms with Crippen molar-refractivity contribution in [2.24, 2.45) is 0 Å². The first-order valence-corrected chi connectivity index (χ1v) is 7.35. The first-order chi connectivity index (χ1) is 10.2. The predicted octanol–water partition coefficient (Wildman–Crippen LogP) is 3.65. The molecule has 2 rings (SSSR count). The van der Waals surface area contributed by atoms with Gasteiger partial charge >= 0.3 is 0 Å². The molecule has 0 saturated carbocycles. The molecule has 0 aliphatic carbocycles. The van der Waals surface area contributed by atoms with E-state index in [0.29, 0.717) is 6.61 Å². The molecular weight excluding hydrogens is 332 g/mol. The molecule has 0 saturated heterocycles. The minimum absolute atomic E-state index is 0.103. The van der Waals surface area contributed by atoms with Crippen LogP contribution >= 0.6 is 15.9 Å². The molecule has 0 aliphatic heterocycles. The van der Waals surface area contributed by atoms with Crippen molar-refractivity contribution in [3.8, 4) is 0 Å². The Bertz CT molecular complexity index is 617. The molecule has 5 heteroatoms. The molecule has 0 unspecified atom stereocenters. The van der Waals surface area contributed by atoms with E-state index in [4.69, 9.17) is 4.74 Å². The van der Waals surface area contributed by atoms with Gasteiger partial charge in [0.2, 0.25) is 5.91 Å². The van der Waals surface area contributed by atoms with Crippen LogP contribution in [0.3, 0.4) is 0 Å². The SMILES string of the molecule is COCc1ccccc1NCC(=O)Nc1ccccc1Br. The fourth-order valence-electron chi connectivity index (χ4n) is 1.91. The Hall–Kier alpha value is -1.85. The van der Waals surface area contributed by atoms with E-state index in [1.54, 1.807) is 7.11 Å². The van der Waals surface area contributed by atoms with E-state index in [1.807, 2.05) is 48.5 Å². The first kappa shape index (κ1) is 15.5. The average Bonchev–Trinajstić information content (AvgIpc) is 2.49. The van der Waals surface area contributed by atoms with E-state index in [9.17, 15) is 4.79 Å². The second-order valence-corrected chi connectivity index (χ2v) is 5.33. The summed E-state index contributed by atoms with van der Waals surface area (Å²) in [5.74, 6) is -0.103. The molecule has 2 aromatic carbocycles. The molecule has 4 nitrogen and oxygen atoms in total. The number of benzene rings is 2. The van der Waals surface area contributed by atoms with Crippen LogP contribution in [0.5, 0.6) is 0 Å². The maximum absolute atomic E-state index is 12.0. The van der Waals surface area contributed by atoms with Crippen LogP contribution in [-0.2, 0) is 16.1 Å². The number of hydrogen-bond donors (Lipinski definition) is 2. The zero-order valence-corrected chi connectivity index (χ0v) is 13.3. The minimum atomic E-state index is -0.103. The molecule has 0 fully saturated rings. The van der Waals surface area contributed by atoms with Crippen molar-refractivity contribution in [1.29, 1.82) is 0 Å². The summed E-state index contributed by atoms with van der Waals surface area (Å²) in [6, 6.07) is 15.3. The summed E-state index contributed by atoms with van der Waals surface area (Å²) >= 11 is 3.40. The van der Waals surface area contributed by atoms with Gasteiger partial charge in [-0.3, -0.25) is 4.79 Å². The molecule has 0 aromatic heterocycles. The van der Waals surface area contributed by atoms with Crippen molar-refractivity contribution >= 4 is 33.2 Å². The number of ether oxygens (including phenoxy) is 1. The second-order valence-electron chi connectivity index (χ2n) is 4.47. The summed E-state index contributed by atoms with van der Waals surface area (Å²) in [5, 5.41) is 5.98. The second kappa shape index (κ2) is 7.81. The van der Waals surface area contributed by atoms with E-state index in [2.05, 4.69) is 26.6 Å². The number of halogens is 1. The fraction of sp³-hybridized carbons (Fsp3) is 0.188. The summed E-state index contributed by atoms with van der Waals surface area (Å²) in [5.41, 5.74) is 2.68. The Kier molecular flexibility index (Phi) is 5.78. The third-order valence-electron chi connectivity index (χ3n) is 2.90. The highest BCUT2D eigenvalue weighted by molar-refractivity contribution is 9.10. The maximum Gasteiger partial charge on any atom is 0.243 e. The molecule has 0 bridgehead atoms. The molecule has 0 atom stereocenters. The first-order valence-electron chi connectivity index (χ1n) is 6.56. The summed E-state index contributed by atoms with van der Waals surface area (Å²) in [4.78, 5) is 12.0. The van der Waals surface area contributed by atoms with Gasteiger partial charge in [0.1, 0.15) is 0 Å². The monoisotopic (exact) mass is 348 g/mol. The Labute approximate surface area is 132 Å². The maximum atomic E-state index is 12.0. The lowest BCUT2D eigenvalue weighted by molar-refractivity contribution is -0.114. The van der Waals surface area contributed by atoms with E-state index in [0.717, 1.165) is 21.4 Å². The van der Waals surface area contributed by atoms with Gasteiger partial charge in [0.15, 0.2) is 0 Å². The number of carbonyl (C=O) groups excluding carboxylic acids is 1. The molecule has 110 valence electrons. The lowest BCUT2D eigenvalue weighted by Gasteiger charge is -2.12. The number of anilines is 2. The Morgan fingerprint density at radius 1 is 1.10 bits per heavy atom. The molecule has 0 heterocycles. The molecule has 0 spiro atoms. The number of amides is 1. The highest BCUT2D eigenvalue weighted by Gasteiger charge is 2.06. The van der Waals surface area contributed by atoms with Gasteiger partial charge in [-0.05, 0) is 34.1 Å². The van der Waals surface area contributed by atoms with E-state index in [-0.39, 0.29) is 12.5 Å². The number of rotatable bonds is 6. The van der Waals surface area contributed by atoms with E-state index >= 15 is 0 Å². The minimum Gasteiger partial charge on any atom is -0.380 e. The van der Waals surface area contributed by atoms with Crippen LogP contribution in [0.15, 0.2) is 53.0 Å². The van der Waals surface area contributed by atoms with Crippen LogP contribution in [0.25, 0.3) is 0 Å². The molecule has 2 N–H and O–H groups in total. The van der Waals surface area contributed by atoms with Crippen LogP contribution in [0.4, 0.5) is 11.4 Å². The average molecular weight is 349 g/mol. The highest BCUT2D eigenvalue weighted by Crippen LogP contribution is 2.21. The van der Waals surface area contributed by atoms with Crippen molar-refractivity contribution in [3.05, 3.63) is 58.6 Å². The topological polar surface area (TPSA) is 50.4 Å². The van der Waals surface area contributed by atoms with Crippen molar-refractivity contribution in [2.45, 2.75) is 6.61 Å². The third kappa shape index (κ3) is 4.58. The highest BCUT2D eigenvalue weighted by atomic mass is 79.9. The van der Waals surface area contributed by atoms with Crippen molar-refractivity contribution in [2.75, 3.05) is 24.3 Å². The van der Waals surface area contributed by atoms with Gasteiger partial charge < -0.3 is 15.4 Å². The molecule has 21 heavy (non-hydrogen) atoms. The summed E-state index contributed by atoms with van der Waals surface area (Å²) in [7, 11) is 1.65. The number of methoxy groups -OCH3 is 1. The zero-order valence-electron chi connectivity index (χ0n) is 11.7. The normalized spacial score (nSPS) is 10.2. The number of hydrogen-bond acceptors (Lipinski definition) is 3. The third-order valence-corrected chi connectivity index (χ3v) is 3.60. The standard InChI is InChI=1S/C16H17BrN2O2/c1-21-11-12-6-2-4-8-14(12)18-10-16(20)19-15-9-5-3-7-13(15)17/h2-9,18H,10-11H2,1H3,(H,19,20). The van der Waals surface area contributed by atoms with Crippen LogP contribution in [0.2, 0.25) is 0 Å². The lowest BCUT2D eigenvalue weighted by Crippen LogP contribution is -2.22. The number of carbonyl (C=O) groups is 1. The molecule has 0 radical (unpaired) electrons. The Morgan fingerprint density at radius 3 is 2.48 bits per heavy atom. The Balaban J connectivity index is 1.94. The predicted molar refractivity (Wildman–Crippen MR) is 88.4 cm³/mol. The molecule has 2 aromatic rings. The summed E-state index contributed by atoms with van der Waals surface area (Å²) < 4.78 is 6.00. The van der Waals surface area contributed by atoms with E-state index in [1.165, 1.54) is 0 Å². The van der Waals surface area contributed by atoms with E-state index < -0.39 is 0 Å². The van der Waals surface area contributed by atoms with Gasteiger partial charge in [0, 0.05) is 22.8 Å². The summed E-state index contributed by atoms with van der Waals surface area (Å²) in [6.45, 7) is 0.705. The largest absolute Gasteiger partial charge is 0.380 e. The van der Waals surface area contributed by atoms with Crippen LogP contribution < -0.4 is 10.6 Å². The fourth-order valence-corrected chi connectivity index (χ4v) is 2.29. The van der Waals surface area contributed by atoms with Gasteiger partial charge in [-0.15, -0.1) is 0 Å².